The molecule has 1 N–H and O–H groups in total. The van der Waals surface area contributed by atoms with E-state index in [0.29, 0.717) is 39.6 Å². The lowest BCUT2D eigenvalue weighted by atomic mass is 10.1. The number of nitrogens with one attached hydrogen (secondary N) is 1. The smallest absolute Gasteiger partial charge is 0.232 e. The predicted octanol–water partition coefficient (Wildman–Crippen LogP) is 6.07. The second-order valence-corrected chi connectivity index (χ2v) is 11.1. The monoisotopic (exact) mass is 596 g/mol. The van der Waals surface area contributed by atoms with Gasteiger partial charge in [-0.25, -0.2) is 0 Å². The van der Waals surface area contributed by atoms with Crippen molar-refractivity contribution in [1.82, 2.24) is 15.1 Å². The van der Waals surface area contributed by atoms with Gasteiger partial charge in [0.15, 0.2) is 11.5 Å². The molecule has 4 rings (SSSR count). The molecule has 2 amide bonds. The van der Waals surface area contributed by atoms with E-state index in [0.717, 1.165) is 16.0 Å². The highest BCUT2D eigenvalue weighted by Crippen LogP contribution is 2.29. The molecule has 0 aliphatic rings. The zero-order valence-corrected chi connectivity index (χ0v) is 24.5. The van der Waals surface area contributed by atoms with Gasteiger partial charge in [0.05, 0.1) is 20.0 Å². The number of nitrogens with zero attached hydrogens (tertiary/aromatic N) is 3. The molecule has 0 radical (unpaired) electrons. The van der Waals surface area contributed by atoms with Gasteiger partial charge in [-0.3, -0.25) is 9.59 Å². The van der Waals surface area contributed by atoms with Crippen LogP contribution >= 0.6 is 34.7 Å². The first kappa shape index (κ1) is 29.4. The first-order valence-corrected chi connectivity index (χ1v) is 14.7. The number of hydrogen-bond acceptors (Lipinski definition) is 8. The van der Waals surface area contributed by atoms with Gasteiger partial charge >= 0.3 is 0 Å². The number of carbonyl (C=O) groups is 2. The normalized spacial score (nSPS) is 10.7. The number of halogens is 1. The molecule has 0 aliphatic heterocycles. The van der Waals surface area contributed by atoms with Crippen molar-refractivity contribution in [3.63, 3.8) is 0 Å². The maximum absolute atomic E-state index is 13.2. The van der Waals surface area contributed by atoms with E-state index in [1.807, 2.05) is 60.7 Å². The van der Waals surface area contributed by atoms with Crippen molar-refractivity contribution in [2.75, 3.05) is 38.4 Å². The Morgan fingerprint density at radius 3 is 2.42 bits per heavy atom. The van der Waals surface area contributed by atoms with Gasteiger partial charge in [-0.2, -0.15) is 0 Å². The SMILES string of the molecule is COc1ccc(CCN(CCC(=O)Nc2nnc(-c3ccc(Cl)cc3)s2)C(=O)CSc2ccccc2)cc1OC. The Morgan fingerprint density at radius 1 is 0.950 bits per heavy atom. The zero-order valence-electron chi connectivity index (χ0n) is 22.1. The molecule has 8 nitrogen and oxygen atoms in total. The minimum Gasteiger partial charge on any atom is -0.493 e. The van der Waals surface area contributed by atoms with Crippen LogP contribution in [0.5, 0.6) is 11.5 Å². The van der Waals surface area contributed by atoms with Gasteiger partial charge in [0.2, 0.25) is 16.9 Å². The van der Waals surface area contributed by atoms with Gasteiger partial charge in [-0.15, -0.1) is 22.0 Å². The average molecular weight is 597 g/mol. The predicted molar refractivity (Wildman–Crippen MR) is 161 cm³/mol. The zero-order chi connectivity index (χ0) is 28.3. The third-order valence-electron chi connectivity index (χ3n) is 5.95. The Morgan fingerprint density at radius 2 is 1.70 bits per heavy atom. The quantitative estimate of drug-likeness (QED) is 0.187. The molecule has 1 heterocycles. The van der Waals surface area contributed by atoms with E-state index in [-0.39, 0.29) is 30.5 Å². The molecule has 40 heavy (non-hydrogen) atoms. The largest absolute Gasteiger partial charge is 0.493 e. The van der Waals surface area contributed by atoms with Crippen LogP contribution in [0.25, 0.3) is 10.6 Å². The van der Waals surface area contributed by atoms with Crippen LogP contribution < -0.4 is 14.8 Å². The van der Waals surface area contributed by atoms with E-state index in [2.05, 4.69) is 15.5 Å². The summed E-state index contributed by atoms with van der Waals surface area (Å²) in [5.74, 6) is 1.28. The first-order valence-electron chi connectivity index (χ1n) is 12.5. The molecule has 11 heteroatoms. The van der Waals surface area contributed by atoms with Crippen LogP contribution in [0.15, 0.2) is 77.7 Å². The number of rotatable bonds is 13. The maximum atomic E-state index is 13.2. The second-order valence-electron chi connectivity index (χ2n) is 8.64. The summed E-state index contributed by atoms with van der Waals surface area (Å²) >= 11 is 8.71. The Hall–Kier alpha value is -3.60. The van der Waals surface area contributed by atoms with Crippen LogP contribution in [-0.4, -0.2) is 60.0 Å². The number of benzene rings is 3. The van der Waals surface area contributed by atoms with Crippen LogP contribution in [0, 0.1) is 0 Å². The number of amides is 2. The molecule has 0 bridgehead atoms. The van der Waals surface area contributed by atoms with E-state index >= 15 is 0 Å². The van der Waals surface area contributed by atoms with Crippen LogP contribution in [0.3, 0.4) is 0 Å². The highest BCUT2D eigenvalue weighted by atomic mass is 35.5. The molecular weight excluding hydrogens is 568 g/mol. The van der Waals surface area contributed by atoms with Gasteiger partial charge in [-0.05, 0) is 48.4 Å². The number of thioether (sulfide) groups is 1. The number of methoxy groups -OCH3 is 2. The lowest BCUT2D eigenvalue weighted by Gasteiger charge is -2.23. The molecule has 0 unspecified atom stereocenters. The van der Waals surface area contributed by atoms with Crippen molar-refractivity contribution < 1.29 is 19.1 Å². The summed E-state index contributed by atoms with van der Waals surface area (Å²) in [5, 5.41) is 12.8. The minimum absolute atomic E-state index is 0.0388. The third kappa shape index (κ3) is 8.45. The summed E-state index contributed by atoms with van der Waals surface area (Å²) in [5.41, 5.74) is 1.87. The highest BCUT2D eigenvalue weighted by Gasteiger charge is 2.17. The lowest BCUT2D eigenvalue weighted by Crippen LogP contribution is -2.36. The molecule has 3 aromatic carbocycles. The number of ether oxygens (including phenoxy) is 2. The van der Waals surface area contributed by atoms with Gasteiger partial charge in [0, 0.05) is 35.0 Å². The van der Waals surface area contributed by atoms with Crippen LogP contribution in [0.4, 0.5) is 5.13 Å². The number of anilines is 1. The van der Waals surface area contributed by atoms with Gasteiger partial charge < -0.3 is 19.7 Å². The fraction of sp³-hybridized carbons (Fsp3) is 0.241. The van der Waals surface area contributed by atoms with E-state index in [1.165, 1.54) is 23.1 Å². The molecular formula is C29H29ClN4O4S2. The Kier molecular flexibility index (Phi) is 10.8. The van der Waals surface area contributed by atoms with Crippen molar-refractivity contribution in [3.05, 3.63) is 83.4 Å². The fourth-order valence-electron chi connectivity index (χ4n) is 3.82. The van der Waals surface area contributed by atoms with Crippen molar-refractivity contribution in [1.29, 1.82) is 0 Å². The van der Waals surface area contributed by atoms with Crippen molar-refractivity contribution in [2.24, 2.45) is 0 Å². The molecule has 0 fully saturated rings. The minimum atomic E-state index is -0.238. The van der Waals surface area contributed by atoms with E-state index in [9.17, 15) is 9.59 Å². The average Bonchev–Trinajstić information content (AvgIpc) is 3.44. The highest BCUT2D eigenvalue weighted by molar-refractivity contribution is 8.00. The van der Waals surface area contributed by atoms with Gasteiger partial charge in [0.1, 0.15) is 5.01 Å². The van der Waals surface area contributed by atoms with Crippen LogP contribution in [-0.2, 0) is 16.0 Å². The number of hydrogen-bond donors (Lipinski definition) is 1. The fourth-order valence-corrected chi connectivity index (χ4v) is 5.53. The third-order valence-corrected chi connectivity index (χ3v) is 8.08. The molecule has 0 spiro atoms. The van der Waals surface area contributed by atoms with Crippen molar-refractivity contribution in [3.8, 4) is 22.1 Å². The summed E-state index contributed by atoms with van der Waals surface area (Å²) in [7, 11) is 3.18. The summed E-state index contributed by atoms with van der Waals surface area (Å²) < 4.78 is 10.7. The van der Waals surface area contributed by atoms with E-state index < -0.39 is 0 Å². The summed E-state index contributed by atoms with van der Waals surface area (Å²) in [6.45, 7) is 0.729. The number of aromatic nitrogens is 2. The van der Waals surface area contributed by atoms with Crippen molar-refractivity contribution >= 4 is 51.6 Å². The van der Waals surface area contributed by atoms with Gasteiger partial charge in [0.25, 0.3) is 0 Å². The van der Waals surface area contributed by atoms with E-state index in [4.69, 9.17) is 21.1 Å². The molecule has 0 saturated heterocycles. The molecule has 0 saturated carbocycles. The standard InChI is InChI=1S/C29H29ClN4O4S2/c1-37-24-13-8-20(18-25(24)38-2)14-16-34(27(36)19-39-23-6-4-3-5-7-23)17-15-26(35)31-29-33-32-28(40-29)21-9-11-22(30)12-10-21/h3-13,18H,14-17,19H2,1-2H3,(H,31,33,35). The van der Waals surface area contributed by atoms with Crippen LogP contribution in [0.1, 0.15) is 12.0 Å². The summed E-state index contributed by atoms with van der Waals surface area (Å²) in [6.07, 6.45) is 0.730. The second kappa shape index (κ2) is 14.7. The lowest BCUT2D eigenvalue weighted by molar-refractivity contribution is -0.128. The maximum Gasteiger partial charge on any atom is 0.232 e. The summed E-state index contributed by atoms with van der Waals surface area (Å²) in [4.78, 5) is 28.7. The molecule has 0 atom stereocenters. The number of carbonyl (C=O) groups excluding carboxylic acids is 2. The van der Waals surface area contributed by atoms with Crippen molar-refractivity contribution in [2.45, 2.75) is 17.7 Å². The molecule has 4 aromatic rings. The van der Waals surface area contributed by atoms with Crippen LogP contribution in [0.2, 0.25) is 5.02 Å². The Labute approximate surface area is 246 Å². The Bertz CT molecular complexity index is 1420. The van der Waals surface area contributed by atoms with Gasteiger partial charge in [-0.1, -0.05) is 59.3 Å². The molecule has 1 aromatic heterocycles. The summed E-state index contributed by atoms with van der Waals surface area (Å²) in [6, 6.07) is 22.7. The first-order chi connectivity index (χ1) is 19.4. The van der Waals surface area contributed by atoms with E-state index in [1.54, 1.807) is 31.3 Å². The topological polar surface area (TPSA) is 93.6 Å². The molecule has 208 valence electrons. The molecule has 0 aliphatic carbocycles. The Balaban J connectivity index is 1.37.